The van der Waals surface area contributed by atoms with E-state index in [0.29, 0.717) is 5.84 Å². The molecule has 1 unspecified atom stereocenters. The third-order valence-corrected chi connectivity index (χ3v) is 6.48. The fraction of sp³-hybridized carbons (Fsp3) is 0.304. The minimum absolute atomic E-state index is 0.0175. The van der Waals surface area contributed by atoms with Gasteiger partial charge in [-0.05, 0) is 62.3 Å². The number of benzene rings is 1. The number of rotatable bonds is 5. The molecule has 0 spiro atoms. The molecule has 2 aromatic heterocycles. The van der Waals surface area contributed by atoms with Crippen molar-refractivity contribution in [2.24, 2.45) is 10.7 Å². The van der Waals surface area contributed by atoms with E-state index in [9.17, 15) is 9.90 Å². The standard InChI is InChI=1S/C23H26N4O2S/c1-14(2)27(23(28)29)17-8-5-15(6-9-17)19-13-25-20-12-16(7-10-18(19)20)26-22(24)21-4-3-11-30-21/h3-5,7,10-14,17,25H,6,8-9H2,1-2H3,(H2,24,26)(H,28,29). The molecule has 0 bridgehead atoms. The molecule has 3 aromatic rings. The van der Waals surface area contributed by atoms with Crippen LogP contribution in [-0.4, -0.2) is 39.0 Å². The highest BCUT2D eigenvalue weighted by Crippen LogP contribution is 2.35. The number of hydrogen-bond acceptors (Lipinski definition) is 3. The van der Waals surface area contributed by atoms with Crippen molar-refractivity contribution in [3.05, 3.63) is 58.4 Å². The summed E-state index contributed by atoms with van der Waals surface area (Å²) < 4.78 is 0. The second-order valence-corrected chi connectivity index (χ2v) is 8.80. The Balaban J connectivity index is 1.56. The monoisotopic (exact) mass is 422 g/mol. The van der Waals surface area contributed by atoms with Gasteiger partial charge in [0, 0.05) is 34.7 Å². The Bertz CT molecular complexity index is 1110. The molecule has 4 rings (SSSR count). The number of aliphatic imine (C=N–C) groups is 1. The van der Waals surface area contributed by atoms with Crippen molar-refractivity contribution in [2.45, 2.75) is 45.2 Å². The van der Waals surface area contributed by atoms with Crippen LogP contribution >= 0.6 is 11.3 Å². The van der Waals surface area contributed by atoms with Crippen LogP contribution < -0.4 is 5.73 Å². The Morgan fingerprint density at radius 2 is 2.20 bits per heavy atom. The SMILES string of the molecule is CC(C)N(C(=O)O)C1CC=C(c2c[nH]c3cc(N=C(N)c4cccs4)ccc23)CC1. The summed E-state index contributed by atoms with van der Waals surface area (Å²) in [6.45, 7) is 3.86. The molecule has 30 heavy (non-hydrogen) atoms. The van der Waals surface area contributed by atoms with Gasteiger partial charge >= 0.3 is 6.09 Å². The van der Waals surface area contributed by atoms with Gasteiger partial charge in [0.2, 0.25) is 0 Å². The summed E-state index contributed by atoms with van der Waals surface area (Å²) in [5, 5.41) is 12.6. The normalized spacial score (nSPS) is 17.4. The Hall–Kier alpha value is -3.06. The maximum absolute atomic E-state index is 11.6. The number of aromatic amines is 1. The first-order valence-electron chi connectivity index (χ1n) is 10.1. The number of carboxylic acid groups (broad SMARTS) is 1. The fourth-order valence-electron chi connectivity index (χ4n) is 4.18. The highest BCUT2D eigenvalue weighted by atomic mass is 32.1. The van der Waals surface area contributed by atoms with E-state index in [1.54, 1.807) is 16.2 Å². The van der Waals surface area contributed by atoms with Gasteiger partial charge in [0.1, 0.15) is 5.84 Å². The Kier molecular flexibility index (Phi) is 5.63. The van der Waals surface area contributed by atoms with Crippen molar-refractivity contribution in [3.63, 3.8) is 0 Å². The lowest BCUT2D eigenvalue weighted by Crippen LogP contribution is -2.44. The Morgan fingerprint density at radius 3 is 2.83 bits per heavy atom. The predicted octanol–water partition coefficient (Wildman–Crippen LogP) is 5.59. The first kappa shape index (κ1) is 20.2. The fourth-order valence-corrected chi connectivity index (χ4v) is 4.81. The van der Waals surface area contributed by atoms with Gasteiger partial charge in [-0.1, -0.05) is 18.2 Å². The summed E-state index contributed by atoms with van der Waals surface area (Å²) >= 11 is 1.57. The number of fused-ring (bicyclic) bond motifs is 1. The summed E-state index contributed by atoms with van der Waals surface area (Å²) in [4.78, 5) is 22.0. The molecule has 1 aromatic carbocycles. The lowest BCUT2D eigenvalue weighted by molar-refractivity contribution is 0.104. The van der Waals surface area contributed by atoms with E-state index in [0.717, 1.165) is 40.7 Å². The molecule has 156 valence electrons. The van der Waals surface area contributed by atoms with E-state index in [1.165, 1.54) is 11.1 Å². The number of aromatic nitrogens is 1. The summed E-state index contributed by atoms with van der Waals surface area (Å²) in [6.07, 6.45) is 5.82. The number of H-pyrrole nitrogens is 1. The van der Waals surface area contributed by atoms with E-state index >= 15 is 0 Å². The summed E-state index contributed by atoms with van der Waals surface area (Å²) in [5.41, 5.74) is 10.4. The number of nitrogens with two attached hydrogens (primary N) is 1. The van der Waals surface area contributed by atoms with Crippen LogP contribution in [0.5, 0.6) is 0 Å². The number of nitrogens with zero attached hydrogens (tertiary/aromatic N) is 2. The molecular weight excluding hydrogens is 396 g/mol. The average molecular weight is 423 g/mol. The highest BCUT2D eigenvalue weighted by Gasteiger charge is 2.28. The van der Waals surface area contributed by atoms with Gasteiger partial charge in [0.25, 0.3) is 0 Å². The topological polar surface area (TPSA) is 94.7 Å². The first-order valence-corrected chi connectivity index (χ1v) is 11.0. The van der Waals surface area contributed by atoms with Crippen molar-refractivity contribution >= 4 is 45.4 Å². The number of hydrogen-bond donors (Lipinski definition) is 3. The van der Waals surface area contributed by atoms with Crippen molar-refractivity contribution in [1.29, 1.82) is 0 Å². The maximum atomic E-state index is 11.6. The third kappa shape index (κ3) is 3.98. The minimum Gasteiger partial charge on any atom is -0.465 e. The van der Waals surface area contributed by atoms with E-state index in [-0.39, 0.29) is 12.1 Å². The van der Waals surface area contributed by atoms with Crippen LogP contribution in [0.3, 0.4) is 0 Å². The van der Waals surface area contributed by atoms with Crippen molar-refractivity contribution < 1.29 is 9.90 Å². The highest BCUT2D eigenvalue weighted by molar-refractivity contribution is 7.12. The van der Waals surface area contributed by atoms with Crippen LogP contribution in [0.15, 0.2) is 53.0 Å². The number of thiophene rings is 1. The molecule has 1 atom stereocenters. The zero-order valence-electron chi connectivity index (χ0n) is 17.1. The van der Waals surface area contributed by atoms with Crippen LogP contribution in [0.1, 0.15) is 43.6 Å². The van der Waals surface area contributed by atoms with Crippen LogP contribution in [0.2, 0.25) is 0 Å². The van der Waals surface area contributed by atoms with Gasteiger partial charge in [0.05, 0.1) is 10.6 Å². The second kappa shape index (κ2) is 8.36. The number of allylic oxidation sites excluding steroid dienone is 1. The molecule has 1 aliphatic carbocycles. The van der Waals surface area contributed by atoms with E-state index in [2.05, 4.69) is 22.1 Å². The minimum atomic E-state index is -0.839. The third-order valence-electron chi connectivity index (χ3n) is 5.59. The summed E-state index contributed by atoms with van der Waals surface area (Å²) in [6, 6.07) is 10.0. The average Bonchev–Trinajstić information content (AvgIpc) is 3.38. The van der Waals surface area contributed by atoms with Crippen LogP contribution in [0, 0.1) is 0 Å². The van der Waals surface area contributed by atoms with E-state index in [4.69, 9.17) is 5.73 Å². The van der Waals surface area contributed by atoms with Crippen LogP contribution in [-0.2, 0) is 0 Å². The van der Waals surface area contributed by atoms with Gasteiger partial charge in [0.15, 0.2) is 0 Å². The van der Waals surface area contributed by atoms with Crippen LogP contribution in [0.25, 0.3) is 16.5 Å². The van der Waals surface area contributed by atoms with E-state index in [1.807, 2.05) is 49.7 Å². The molecule has 4 N–H and O–H groups in total. The van der Waals surface area contributed by atoms with Gasteiger partial charge in [-0.2, -0.15) is 0 Å². The summed E-state index contributed by atoms with van der Waals surface area (Å²) in [5.74, 6) is 0.519. The Morgan fingerprint density at radius 1 is 1.37 bits per heavy atom. The van der Waals surface area contributed by atoms with Crippen LogP contribution in [0.4, 0.5) is 10.5 Å². The number of amides is 1. The molecule has 0 saturated carbocycles. The van der Waals surface area contributed by atoms with Crippen molar-refractivity contribution in [3.8, 4) is 0 Å². The predicted molar refractivity (Wildman–Crippen MR) is 124 cm³/mol. The molecule has 0 saturated heterocycles. The molecular formula is C23H26N4O2S. The second-order valence-electron chi connectivity index (χ2n) is 7.85. The lowest BCUT2D eigenvalue weighted by Gasteiger charge is -2.34. The molecule has 0 aliphatic heterocycles. The summed E-state index contributed by atoms with van der Waals surface area (Å²) in [7, 11) is 0. The van der Waals surface area contributed by atoms with Gasteiger partial charge in [-0.3, -0.25) is 0 Å². The first-order chi connectivity index (χ1) is 14.4. The number of carbonyl (C=O) groups is 1. The van der Waals surface area contributed by atoms with Crippen molar-refractivity contribution in [2.75, 3.05) is 0 Å². The molecule has 2 heterocycles. The smallest absolute Gasteiger partial charge is 0.407 e. The Labute approximate surface area is 179 Å². The van der Waals surface area contributed by atoms with Gasteiger partial charge in [-0.25, -0.2) is 9.79 Å². The van der Waals surface area contributed by atoms with E-state index < -0.39 is 6.09 Å². The largest absolute Gasteiger partial charge is 0.465 e. The number of nitrogens with one attached hydrogen (secondary N) is 1. The zero-order chi connectivity index (χ0) is 21.3. The molecule has 7 heteroatoms. The lowest BCUT2D eigenvalue weighted by atomic mass is 9.89. The van der Waals surface area contributed by atoms with Gasteiger partial charge in [-0.15, -0.1) is 11.3 Å². The quantitative estimate of drug-likeness (QED) is 0.369. The van der Waals surface area contributed by atoms with Crippen molar-refractivity contribution in [1.82, 2.24) is 9.88 Å². The zero-order valence-corrected chi connectivity index (χ0v) is 17.9. The molecule has 1 aliphatic rings. The molecule has 1 amide bonds. The van der Waals surface area contributed by atoms with Gasteiger partial charge < -0.3 is 20.7 Å². The molecule has 0 fully saturated rings. The molecule has 6 nitrogen and oxygen atoms in total. The number of amidine groups is 1. The maximum Gasteiger partial charge on any atom is 0.407 e. The molecule has 0 radical (unpaired) electrons.